The van der Waals surface area contributed by atoms with Gasteiger partial charge in [-0.05, 0) is 25.1 Å². The largest absolute Gasteiger partial charge is 0.333 e. The molecule has 1 aliphatic rings. The maximum atomic E-state index is 12.7. The summed E-state index contributed by atoms with van der Waals surface area (Å²) in [6.45, 7) is 4.55. The molecule has 1 amide bonds. The zero-order chi connectivity index (χ0) is 13.2. The number of piperazine rings is 1. The first kappa shape index (κ1) is 12.1. The molecule has 0 unspecified atom stereocenters. The number of nitrogens with zero attached hydrogens (tertiary/aromatic N) is 2. The maximum absolute atomic E-state index is 12.7. The highest BCUT2D eigenvalue weighted by molar-refractivity contribution is 6.06. The predicted octanol–water partition coefficient (Wildman–Crippen LogP) is 1.67. The second kappa shape index (κ2) is 4.97. The second-order valence-electron chi connectivity index (χ2n) is 4.93. The Bertz CT molecular complexity index is 606. The Labute approximate surface area is 112 Å². The SMILES string of the molecule is C[C@@H]1CNCCN1C(=O)c1cccc2ncccc12. The van der Waals surface area contributed by atoms with Gasteiger partial charge < -0.3 is 10.2 Å². The van der Waals surface area contributed by atoms with Crippen LogP contribution in [0, 0.1) is 0 Å². The van der Waals surface area contributed by atoms with Gasteiger partial charge in [0.05, 0.1) is 5.52 Å². The molecular weight excluding hydrogens is 238 g/mol. The Balaban J connectivity index is 2.01. The minimum absolute atomic E-state index is 0.104. The number of hydrogen-bond donors (Lipinski definition) is 1. The summed E-state index contributed by atoms with van der Waals surface area (Å²) in [5.74, 6) is 0.104. The fourth-order valence-corrected chi connectivity index (χ4v) is 2.59. The average Bonchev–Trinajstić information content (AvgIpc) is 2.46. The summed E-state index contributed by atoms with van der Waals surface area (Å²) >= 11 is 0. The van der Waals surface area contributed by atoms with E-state index in [1.807, 2.05) is 35.2 Å². The standard InChI is InChI=1S/C15H17N3O/c1-11-10-16-8-9-18(11)15(19)13-4-2-6-14-12(13)5-3-7-17-14/h2-7,11,16H,8-10H2,1H3/t11-/m1/s1. The van der Waals surface area contributed by atoms with Crippen molar-refractivity contribution in [1.29, 1.82) is 0 Å². The summed E-state index contributed by atoms with van der Waals surface area (Å²) in [5.41, 5.74) is 1.62. The number of pyridine rings is 1. The topological polar surface area (TPSA) is 45.2 Å². The van der Waals surface area contributed by atoms with E-state index in [0.717, 1.165) is 36.1 Å². The van der Waals surface area contributed by atoms with E-state index in [1.54, 1.807) is 6.20 Å². The van der Waals surface area contributed by atoms with Crippen LogP contribution in [0.15, 0.2) is 36.5 Å². The summed E-state index contributed by atoms with van der Waals surface area (Å²) in [6.07, 6.45) is 1.75. The molecule has 98 valence electrons. The number of amides is 1. The van der Waals surface area contributed by atoms with E-state index >= 15 is 0 Å². The highest BCUT2D eigenvalue weighted by Crippen LogP contribution is 2.19. The molecule has 1 fully saturated rings. The highest BCUT2D eigenvalue weighted by Gasteiger charge is 2.24. The molecule has 2 aromatic rings. The van der Waals surface area contributed by atoms with E-state index in [1.165, 1.54) is 0 Å². The summed E-state index contributed by atoms with van der Waals surface area (Å²) in [4.78, 5) is 18.9. The van der Waals surface area contributed by atoms with Crippen LogP contribution in [0.2, 0.25) is 0 Å². The van der Waals surface area contributed by atoms with Crippen molar-refractivity contribution in [2.24, 2.45) is 0 Å². The zero-order valence-electron chi connectivity index (χ0n) is 11.0. The molecule has 19 heavy (non-hydrogen) atoms. The Hall–Kier alpha value is -1.94. The molecule has 0 aliphatic carbocycles. The van der Waals surface area contributed by atoms with Crippen molar-refractivity contribution in [3.8, 4) is 0 Å². The predicted molar refractivity (Wildman–Crippen MR) is 75.1 cm³/mol. The van der Waals surface area contributed by atoms with Crippen molar-refractivity contribution in [2.45, 2.75) is 13.0 Å². The summed E-state index contributed by atoms with van der Waals surface area (Å²) in [6, 6.07) is 9.79. The summed E-state index contributed by atoms with van der Waals surface area (Å²) in [7, 11) is 0. The number of fused-ring (bicyclic) bond motifs is 1. The first-order chi connectivity index (χ1) is 9.27. The van der Waals surface area contributed by atoms with Crippen LogP contribution in [0.5, 0.6) is 0 Å². The third kappa shape index (κ3) is 2.19. The lowest BCUT2D eigenvalue weighted by atomic mass is 10.1. The number of hydrogen-bond acceptors (Lipinski definition) is 3. The van der Waals surface area contributed by atoms with Crippen LogP contribution in [0.3, 0.4) is 0 Å². The van der Waals surface area contributed by atoms with Gasteiger partial charge in [0.1, 0.15) is 0 Å². The molecule has 0 bridgehead atoms. The van der Waals surface area contributed by atoms with Crippen LogP contribution in [-0.4, -0.2) is 41.5 Å². The van der Waals surface area contributed by atoms with E-state index in [-0.39, 0.29) is 11.9 Å². The average molecular weight is 255 g/mol. The van der Waals surface area contributed by atoms with Gasteiger partial charge in [0, 0.05) is 42.8 Å². The van der Waals surface area contributed by atoms with Gasteiger partial charge in [0.2, 0.25) is 0 Å². The van der Waals surface area contributed by atoms with Gasteiger partial charge in [-0.1, -0.05) is 12.1 Å². The monoisotopic (exact) mass is 255 g/mol. The third-order valence-corrected chi connectivity index (χ3v) is 3.64. The molecule has 3 rings (SSSR count). The van der Waals surface area contributed by atoms with Crippen LogP contribution < -0.4 is 5.32 Å². The van der Waals surface area contributed by atoms with Crippen LogP contribution in [0.1, 0.15) is 17.3 Å². The molecular formula is C15H17N3O. The van der Waals surface area contributed by atoms with E-state index in [4.69, 9.17) is 0 Å². The van der Waals surface area contributed by atoms with E-state index in [9.17, 15) is 4.79 Å². The Morgan fingerprint density at radius 3 is 3.11 bits per heavy atom. The van der Waals surface area contributed by atoms with Crippen LogP contribution in [-0.2, 0) is 0 Å². The first-order valence-corrected chi connectivity index (χ1v) is 6.63. The molecule has 1 aliphatic heterocycles. The lowest BCUT2D eigenvalue weighted by Crippen LogP contribution is -2.52. The fraction of sp³-hybridized carbons (Fsp3) is 0.333. The number of benzene rings is 1. The number of rotatable bonds is 1. The van der Waals surface area contributed by atoms with Crippen molar-refractivity contribution < 1.29 is 4.79 Å². The van der Waals surface area contributed by atoms with Gasteiger partial charge in [-0.15, -0.1) is 0 Å². The van der Waals surface area contributed by atoms with Crippen molar-refractivity contribution >= 4 is 16.8 Å². The lowest BCUT2D eigenvalue weighted by Gasteiger charge is -2.34. The van der Waals surface area contributed by atoms with Gasteiger partial charge >= 0.3 is 0 Å². The highest BCUT2D eigenvalue weighted by atomic mass is 16.2. The molecule has 4 heteroatoms. The van der Waals surface area contributed by atoms with Gasteiger partial charge in [0.25, 0.3) is 5.91 Å². The molecule has 1 aromatic heterocycles. The van der Waals surface area contributed by atoms with Gasteiger partial charge in [-0.2, -0.15) is 0 Å². The zero-order valence-corrected chi connectivity index (χ0v) is 11.0. The van der Waals surface area contributed by atoms with Crippen molar-refractivity contribution in [1.82, 2.24) is 15.2 Å². The normalized spacial score (nSPS) is 19.6. The number of nitrogens with one attached hydrogen (secondary N) is 1. The minimum atomic E-state index is 0.104. The number of carbonyl (C=O) groups is 1. The molecule has 2 heterocycles. The van der Waals surface area contributed by atoms with Crippen LogP contribution >= 0.6 is 0 Å². The third-order valence-electron chi connectivity index (χ3n) is 3.64. The van der Waals surface area contributed by atoms with Crippen molar-refractivity contribution in [2.75, 3.05) is 19.6 Å². The van der Waals surface area contributed by atoms with Gasteiger partial charge in [-0.3, -0.25) is 9.78 Å². The Morgan fingerprint density at radius 1 is 1.37 bits per heavy atom. The van der Waals surface area contributed by atoms with E-state index in [0.29, 0.717) is 0 Å². The Morgan fingerprint density at radius 2 is 2.26 bits per heavy atom. The molecule has 1 atom stereocenters. The number of aromatic nitrogens is 1. The first-order valence-electron chi connectivity index (χ1n) is 6.63. The van der Waals surface area contributed by atoms with Gasteiger partial charge in [-0.25, -0.2) is 0 Å². The van der Waals surface area contributed by atoms with Gasteiger partial charge in [0.15, 0.2) is 0 Å². The van der Waals surface area contributed by atoms with Crippen LogP contribution in [0.4, 0.5) is 0 Å². The lowest BCUT2D eigenvalue weighted by molar-refractivity contribution is 0.0658. The van der Waals surface area contributed by atoms with Crippen molar-refractivity contribution in [3.63, 3.8) is 0 Å². The maximum Gasteiger partial charge on any atom is 0.254 e. The minimum Gasteiger partial charge on any atom is -0.333 e. The smallest absolute Gasteiger partial charge is 0.254 e. The van der Waals surface area contributed by atoms with E-state index in [2.05, 4.69) is 17.2 Å². The Kier molecular flexibility index (Phi) is 3.17. The van der Waals surface area contributed by atoms with Crippen LogP contribution in [0.25, 0.3) is 10.9 Å². The second-order valence-corrected chi connectivity index (χ2v) is 4.93. The summed E-state index contributed by atoms with van der Waals surface area (Å²) < 4.78 is 0. The number of carbonyl (C=O) groups excluding carboxylic acids is 1. The molecule has 1 N–H and O–H groups in total. The molecule has 1 aromatic carbocycles. The molecule has 1 saturated heterocycles. The molecule has 0 saturated carbocycles. The summed E-state index contributed by atoms with van der Waals surface area (Å²) in [5, 5.41) is 4.23. The fourth-order valence-electron chi connectivity index (χ4n) is 2.59. The van der Waals surface area contributed by atoms with Crippen molar-refractivity contribution in [3.05, 3.63) is 42.1 Å². The molecule has 0 spiro atoms. The van der Waals surface area contributed by atoms with E-state index < -0.39 is 0 Å². The molecule has 0 radical (unpaired) electrons. The quantitative estimate of drug-likeness (QED) is 0.843. The molecule has 4 nitrogen and oxygen atoms in total.